The molecule has 2 N–H and O–H groups in total. The van der Waals surface area contributed by atoms with E-state index in [1.807, 2.05) is 54.4 Å². The Labute approximate surface area is 141 Å². The number of hydrogen-bond acceptors (Lipinski definition) is 5. The van der Waals surface area contributed by atoms with Gasteiger partial charge in [0, 0.05) is 22.6 Å². The first-order valence-corrected chi connectivity index (χ1v) is 7.72. The van der Waals surface area contributed by atoms with Crippen molar-refractivity contribution < 1.29 is 0 Å². The van der Waals surface area contributed by atoms with Gasteiger partial charge in [-0.05, 0) is 48.2 Å². The van der Waals surface area contributed by atoms with Crippen molar-refractivity contribution in [1.29, 1.82) is 0 Å². The maximum absolute atomic E-state index is 5.49. The van der Waals surface area contributed by atoms with E-state index in [-0.39, 0.29) is 0 Å². The number of rotatable bonds is 4. The molecule has 0 amide bonds. The first-order valence-electron chi connectivity index (χ1n) is 6.55. The standard InChI is InChI=1S/C15H13BrClN5/c1-22(12-4-2-3-10(16)7-12)15-13-8-11(20-21-17)5-6-14(13)18-9-19-15/h2-9,20-21H,1H3. The van der Waals surface area contributed by atoms with E-state index in [0.717, 1.165) is 32.6 Å². The fourth-order valence-corrected chi connectivity index (χ4v) is 2.75. The minimum Gasteiger partial charge on any atom is -0.329 e. The molecule has 0 aliphatic carbocycles. The van der Waals surface area contributed by atoms with Gasteiger partial charge in [-0.3, -0.25) is 0 Å². The Hall–Kier alpha value is -1.89. The van der Waals surface area contributed by atoms with Crippen LogP contribution in [-0.2, 0) is 0 Å². The molecule has 0 atom stereocenters. The highest BCUT2D eigenvalue weighted by molar-refractivity contribution is 9.10. The number of aromatic nitrogens is 2. The number of benzene rings is 2. The molecule has 2 aromatic carbocycles. The van der Waals surface area contributed by atoms with Gasteiger partial charge in [-0.25, -0.2) is 9.97 Å². The van der Waals surface area contributed by atoms with E-state index in [1.54, 1.807) is 6.33 Å². The van der Waals surface area contributed by atoms with Crippen LogP contribution in [0.4, 0.5) is 17.2 Å². The van der Waals surface area contributed by atoms with Crippen molar-refractivity contribution in [2.45, 2.75) is 0 Å². The molecule has 7 heteroatoms. The number of nitrogens with one attached hydrogen (secondary N) is 2. The number of anilines is 3. The van der Waals surface area contributed by atoms with Gasteiger partial charge < -0.3 is 10.3 Å². The molecule has 5 nitrogen and oxygen atoms in total. The molecule has 3 rings (SSSR count). The largest absolute Gasteiger partial charge is 0.329 e. The zero-order valence-corrected chi connectivity index (χ0v) is 14.1. The summed E-state index contributed by atoms with van der Waals surface area (Å²) in [4.78, 5) is 13.2. The molecule has 112 valence electrons. The van der Waals surface area contributed by atoms with Gasteiger partial charge in [-0.2, -0.15) is 0 Å². The normalized spacial score (nSPS) is 10.7. The van der Waals surface area contributed by atoms with Crippen LogP contribution >= 0.6 is 27.7 Å². The third kappa shape index (κ3) is 2.99. The van der Waals surface area contributed by atoms with Crippen LogP contribution in [0.5, 0.6) is 0 Å². The molecule has 22 heavy (non-hydrogen) atoms. The zero-order chi connectivity index (χ0) is 15.5. The third-order valence-corrected chi connectivity index (χ3v) is 3.91. The molecular formula is C15H13BrClN5. The van der Waals surface area contributed by atoms with Crippen molar-refractivity contribution >= 4 is 55.8 Å². The van der Waals surface area contributed by atoms with Crippen LogP contribution in [0.15, 0.2) is 53.3 Å². The smallest absolute Gasteiger partial charge is 0.144 e. The molecule has 0 fully saturated rings. The number of halogens is 2. The van der Waals surface area contributed by atoms with E-state index in [9.17, 15) is 0 Å². The lowest BCUT2D eigenvalue weighted by atomic mass is 10.2. The van der Waals surface area contributed by atoms with Crippen LogP contribution in [-0.4, -0.2) is 17.0 Å². The highest BCUT2D eigenvalue weighted by atomic mass is 79.9. The van der Waals surface area contributed by atoms with Crippen molar-refractivity contribution in [2.24, 2.45) is 0 Å². The summed E-state index contributed by atoms with van der Waals surface area (Å²) in [7, 11) is 1.98. The second-order valence-corrected chi connectivity index (χ2v) is 5.79. The van der Waals surface area contributed by atoms with Crippen molar-refractivity contribution in [3.63, 3.8) is 0 Å². The molecule has 1 heterocycles. The predicted octanol–water partition coefficient (Wildman–Crippen LogP) is 4.23. The average Bonchev–Trinajstić information content (AvgIpc) is 2.54. The summed E-state index contributed by atoms with van der Waals surface area (Å²) in [5.74, 6) is 0.821. The number of hydrazine groups is 1. The van der Waals surface area contributed by atoms with Crippen molar-refractivity contribution in [1.82, 2.24) is 14.9 Å². The minimum atomic E-state index is 0.821. The van der Waals surface area contributed by atoms with Gasteiger partial charge in [0.05, 0.1) is 11.2 Å². The van der Waals surface area contributed by atoms with Crippen LogP contribution < -0.4 is 15.3 Å². The van der Waals surface area contributed by atoms with Crippen LogP contribution in [0.1, 0.15) is 0 Å². The molecule has 0 aliphatic rings. The molecule has 0 aliphatic heterocycles. The molecule has 0 saturated carbocycles. The van der Waals surface area contributed by atoms with E-state index in [0.29, 0.717) is 0 Å². The Morgan fingerprint density at radius 1 is 1.14 bits per heavy atom. The zero-order valence-electron chi connectivity index (χ0n) is 11.7. The number of fused-ring (bicyclic) bond motifs is 1. The Balaban J connectivity index is 2.11. The van der Waals surface area contributed by atoms with Crippen LogP contribution in [0.2, 0.25) is 0 Å². The lowest BCUT2D eigenvalue weighted by molar-refractivity contribution is 1.11. The van der Waals surface area contributed by atoms with Crippen molar-refractivity contribution in [3.05, 3.63) is 53.3 Å². The van der Waals surface area contributed by atoms with Crippen LogP contribution in [0, 0.1) is 0 Å². The van der Waals surface area contributed by atoms with Gasteiger partial charge in [0.15, 0.2) is 0 Å². The first kappa shape index (κ1) is 15.0. The van der Waals surface area contributed by atoms with E-state index in [2.05, 4.69) is 36.3 Å². The van der Waals surface area contributed by atoms with Gasteiger partial charge >= 0.3 is 0 Å². The van der Waals surface area contributed by atoms with E-state index < -0.39 is 0 Å². The molecule has 0 radical (unpaired) electrons. The van der Waals surface area contributed by atoms with Gasteiger partial charge in [0.2, 0.25) is 0 Å². The van der Waals surface area contributed by atoms with Gasteiger partial charge in [-0.1, -0.05) is 22.0 Å². The van der Waals surface area contributed by atoms with E-state index in [4.69, 9.17) is 11.8 Å². The summed E-state index contributed by atoms with van der Waals surface area (Å²) >= 11 is 8.99. The number of nitrogens with zero attached hydrogens (tertiary/aromatic N) is 3. The molecule has 0 bridgehead atoms. The second kappa shape index (κ2) is 6.48. The Morgan fingerprint density at radius 2 is 2.00 bits per heavy atom. The van der Waals surface area contributed by atoms with Crippen molar-refractivity contribution in [3.8, 4) is 0 Å². The Morgan fingerprint density at radius 3 is 2.77 bits per heavy atom. The number of hydrogen-bond donors (Lipinski definition) is 2. The maximum atomic E-state index is 5.49. The first-order chi connectivity index (χ1) is 10.7. The summed E-state index contributed by atoms with van der Waals surface area (Å²) in [6.07, 6.45) is 1.57. The maximum Gasteiger partial charge on any atom is 0.144 e. The fraction of sp³-hybridized carbons (Fsp3) is 0.0667. The molecule has 0 unspecified atom stereocenters. The van der Waals surface area contributed by atoms with E-state index >= 15 is 0 Å². The quantitative estimate of drug-likeness (QED) is 0.525. The highest BCUT2D eigenvalue weighted by Crippen LogP contribution is 2.30. The minimum absolute atomic E-state index is 0.821. The molecular weight excluding hydrogens is 366 g/mol. The average molecular weight is 379 g/mol. The van der Waals surface area contributed by atoms with Crippen LogP contribution in [0.3, 0.4) is 0 Å². The fourth-order valence-electron chi connectivity index (χ4n) is 2.25. The molecule has 3 aromatic rings. The molecule has 0 spiro atoms. The SMILES string of the molecule is CN(c1cccc(Br)c1)c1ncnc2ccc(NNCl)cc12. The Bertz CT molecular complexity index is 811. The van der Waals surface area contributed by atoms with Gasteiger partial charge in [0.25, 0.3) is 0 Å². The van der Waals surface area contributed by atoms with Gasteiger partial charge in [-0.15, -0.1) is 4.94 Å². The van der Waals surface area contributed by atoms with E-state index in [1.165, 1.54) is 0 Å². The molecule has 0 saturated heterocycles. The van der Waals surface area contributed by atoms with Crippen LogP contribution in [0.25, 0.3) is 10.9 Å². The topological polar surface area (TPSA) is 53.1 Å². The summed E-state index contributed by atoms with van der Waals surface area (Å²) in [5, 5.41) is 0.932. The van der Waals surface area contributed by atoms with Gasteiger partial charge in [0.1, 0.15) is 12.1 Å². The second-order valence-electron chi connectivity index (χ2n) is 4.69. The summed E-state index contributed by atoms with van der Waals surface area (Å²) < 4.78 is 1.02. The summed E-state index contributed by atoms with van der Waals surface area (Å²) in [6.45, 7) is 0. The monoisotopic (exact) mass is 377 g/mol. The predicted molar refractivity (Wildman–Crippen MR) is 94.4 cm³/mol. The lowest BCUT2D eigenvalue weighted by Gasteiger charge is -2.20. The Kier molecular flexibility index (Phi) is 4.42. The third-order valence-electron chi connectivity index (χ3n) is 3.32. The lowest BCUT2D eigenvalue weighted by Crippen LogP contribution is -2.12. The summed E-state index contributed by atoms with van der Waals surface area (Å²) in [5.41, 5.74) is 5.58. The highest BCUT2D eigenvalue weighted by Gasteiger charge is 2.11. The summed E-state index contributed by atoms with van der Waals surface area (Å²) in [6, 6.07) is 13.8. The molecule has 1 aromatic heterocycles. The van der Waals surface area contributed by atoms with Crippen molar-refractivity contribution in [2.75, 3.05) is 17.4 Å².